The predicted octanol–water partition coefficient (Wildman–Crippen LogP) is 3.57. The van der Waals surface area contributed by atoms with Crippen LogP contribution in [0.2, 0.25) is 5.02 Å². The SMILES string of the molecule is C[C@@H](OC(=O)c1ccc(Cl)cc1)C(=O)Nc1ccc(F)c([N+](=O)[O-])c1. The van der Waals surface area contributed by atoms with E-state index >= 15 is 0 Å². The molecule has 7 nitrogen and oxygen atoms in total. The summed E-state index contributed by atoms with van der Waals surface area (Å²) in [4.78, 5) is 33.7. The van der Waals surface area contributed by atoms with Crippen LogP contribution in [0.15, 0.2) is 42.5 Å². The summed E-state index contributed by atoms with van der Waals surface area (Å²) in [6, 6.07) is 8.78. The molecule has 1 N–H and O–H groups in total. The molecule has 130 valence electrons. The van der Waals surface area contributed by atoms with Gasteiger partial charge in [-0.15, -0.1) is 0 Å². The van der Waals surface area contributed by atoms with Crippen LogP contribution in [0, 0.1) is 15.9 Å². The second-order valence-electron chi connectivity index (χ2n) is 4.97. The lowest BCUT2D eigenvalue weighted by molar-refractivity contribution is -0.387. The van der Waals surface area contributed by atoms with Crippen molar-refractivity contribution < 1.29 is 23.6 Å². The Morgan fingerprint density at radius 2 is 1.88 bits per heavy atom. The lowest BCUT2D eigenvalue weighted by Gasteiger charge is -2.13. The quantitative estimate of drug-likeness (QED) is 0.495. The largest absolute Gasteiger partial charge is 0.449 e. The van der Waals surface area contributed by atoms with Crippen molar-refractivity contribution in [3.8, 4) is 0 Å². The molecule has 25 heavy (non-hydrogen) atoms. The van der Waals surface area contributed by atoms with Crippen LogP contribution in [-0.2, 0) is 9.53 Å². The van der Waals surface area contributed by atoms with E-state index in [0.29, 0.717) is 5.02 Å². The number of nitro benzene ring substituents is 1. The normalized spacial score (nSPS) is 11.5. The molecule has 0 aliphatic heterocycles. The first-order chi connectivity index (χ1) is 11.8. The molecule has 0 saturated carbocycles. The molecule has 0 bridgehead atoms. The van der Waals surface area contributed by atoms with E-state index in [4.69, 9.17) is 16.3 Å². The molecule has 0 fully saturated rings. The Morgan fingerprint density at radius 1 is 1.24 bits per heavy atom. The zero-order valence-corrected chi connectivity index (χ0v) is 13.6. The number of hydrogen-bond acceptors (Lipinski definition) is 5. The van der Waals surface area contributed by atoms with Crippen LogP contribution in [0.1, 0.15) is 17.3 Å². The van der Waals surface area contributed by atoms with E-state index in [2.05, 4.69) is 5.32 Å². The molecule has 0 unspecified atom stereocenters. The highest BCUT2D eigenvalue weighted by molar-refractivity contribution is 6.30. The van der Waals surface area contributed by atoms with Gasteiger partial charge in [0.2, 0.25) is 5.82 Å². The molecular formula is C16H12ClFN2O5. The van der Waals surface area contributed by atoms with Crippen molar-refractivity contribution in [3.63, 3.8) is 0 Å². The molecule has 1 amide bonds. The summed E-state index contributed by atoms with van der Waals surface area (Å²) in [5, 5.41) is 13.5. The third-order valence-corrected chi connectivity index (χ3v) is 3.40. The van der Waals surface area contributed by atoms with Crippen molar-refractivity contribution in [1.82, 2.24) is 0 Å². The number of halogens is 2. The Labute approximate surface area is 146 Å². The lowest BCUT2D eigenvalue weighted by atomic mass is 10.2. The first-order valence-corrected chi connectivity index (χ1v) is 7.37. The minimum absolute atomic E-state index is 0.00694. The second-order valence-corrected chi connectivity index (χ2v) is 5.40. The van der Waals surface area contributed by atoms with Gasteiger partial charge in [0, 0.05) is 16.8 Å². The summed E-state index contributed by atoms with van der Waals surface area (Å²) in [7, 11) is 0. The van der Waals surface area contributed by atoms with Gasteiger partial charge in [0.15, 0.2) is 6.10 Å². The highest BCUT2D eigenvalue weighted by Gasteiger charge is 2.21. The maximum atomic E-state index is 13.3. The number of nitro groups is 1. The van der Waals surface area contributed by atoms with Crippen LogP contribution in [0.4, 0.5) is 15.8 Å². The molecule has 0 aliphatic rings. The van der Waals surface area contributed by atoms with E-state index in [1.165, 1.54) is 31.2 Å². The predicted molar refractivity (Wildman–Crippen MR) is 88.0 cm³/mol. The summed E-state index contributed by atoms with van der Waals surface area (Å²) in [5.41, 5.74) is -0.558. The third kappa shape index (κ3) is 4.74. The van der Waals surface area contributed by atoms with E-state index in [1.54, 1.807) is 0 Å². The molecule has 2 aromatic rings. The summed E-state index contributed by atoms with van der Waals surface area (Å²) in [5.74, 6) is -2.47. The van der Waals surface area contributed by atoms with Gasteiger partial charge in [0.1, 0.15) is 0 Å². The molecule has 1 atom stereocenters. The van der Waals surface area contributed by atoms with Crippen molar-refractivity contribution in [1.29, 1.82) is 0 Å². The Kier molecular flexibility index (Phi) is 5.66. The first-order valence-electron chi connectivity index (χ1n) is 6.99. The van der Waals surface area contributed by atoms with Gasteiger partial charge in [-0.05, 0) is 43.3 Å². The van der Waals surface area contributed by atoms with Crippen molar-refractivity contribution in [3.05, 3.63) is 69.0 Å². The van der Waals surface area contributed by atoms with Crippen molar-refractivity contribution >= 4 is 34.9 Å². The smallest absolute Gasteiger partial charge is 0.338 e. The molecule has 2 aromatic carbocycles. The average molecular weight is 367 g/mol. The summed E-state index contributed by atoms with van der Waals surface area (Å²) < 4.78 is 18.3. The number of nitrogens with one attached hydrogen (secondary N) is 1. The highest BCUT2D eigenvalue weighted by atomic mass is 35.5. The Morgan fingerprint density at radius 3 is 2.48 bits per heavy atom. The number of amides is 1. The molecule has 0 heterocycles. The van der Waals surface area contributed by atoms with Crippen LogP contribution >= 0.6 is 11.6 Å². The molecule has 9 heteroatoms. The minimum Gasteiger partial charge on any atom is -0.449 e. The van der Waals surface area contributed by atoms with Crippen molar-refractivity contribution in [2.75, 3.05) is 5.32 Å². The molecule has 0 radical (unpaired) electrons. The molecule has 0 aliphatic carbocycles. The summed E-state index contributed by atoms with van der Waals surface area (Å²) in [6.07, 6.45) is -1.17. The van der Waals surface area contributed by atoms with E-state index in [9.17, 15) is 24.1 Å². The van der Waals surface area contributed by atoms with E-state index in [0.717, 1.165) is 18.2 Å². The standard InChI is InChI=1S/C16H12ClFN2O5/c1-9(25-16(22)10-2-4-11(17)5-3-10)15(21)19-12-6-7-13(18)14(8-12)20(23)24/h2-9H,1H3,(H,19,21)/t9-/m1/s1. The number of esters is 1. The summed E-state index contributed by atoms with van der Waals surface area (Å²) >= 11 is 5.72. The van der Waals surface area contributed by atoms with E-state index in [-0.39, 0.29) is 11.3 Å². The number of carbonyl (C=O) groups excluding carboxylic acids is 2. The van der Waals surface area contributed by atoms with Crippen LogP contribution in [0.3, 0.4) is 0 Å². The fraction of sp³-hybridized carbons (Fsp3) is 0.125. The zero-order valence-electron chi connectivity index (χ0n) is 12.9. The Balaban J connectivity index is 2.03. The maximum absolute atomic E-state index is 13.3. The highest BCUT2D eigenvalue weighted by Crippen LogP contribution is 2.22. The Hall–Kier alpha value is -3.00. The van der Waals surface area contributed by atoms with Gasteiger partial charge in [0.05, 0.1) is 10.5 Å². The van der Waals surface area contributed by atoms with Crippen LogP contribution in [-0.4, -0.2) is 22.9 Å². The summed E-state index contributed by atoms with van der Waals surface area (Å²) in [6.45, 7) is 1.33. The molecule has 2 rings (SSSR count). The first kappa shape index (κ1) is 18.3. The molecule has 0 saturated heterocycles. The van der Waals surface area contributed by atoms with Crippen LogP contribution in [0.25, 0.3) is 0 Å². The molecule has 0 aromatic heterocycles. The van der Waals surface area contributed by atoms with Gasteiger partial charge in [-0.1, -0.05) is 11.6 Å². The van der Waals surface area contributed by atoms with Crippen LogP contribution in [0.5, 0.6) is 0 Å². The van der Waals surface area contributed by atoms with Gasteiger partial charge in [-0.3, -0.25) is 14.9 Å². The van der Waals surface area contributed by atoms with Gasteiger partial charge >= 0.3 is 11.7 Å². The third-order valence-electron chi connectivity index (χ3n) is 3.14. The topological polar surface area (TPSA) is 98.5 Å². The maximum Gasteiger partial charge on any atom is 0.338 e. The molecular weight excluding hydrogens is 355 g/mol. The number of hydrogen-bond donors (Lipinski definition) is 1. The van der Waals surface area contributed by atoms with Gasteiger partial charge < -0.3 is 10.1 Å². The number of carbonyl (C=O) groups is 2. The minimum atomic E-state index is -1.17. The van der Waals surface area contributed by atoms with Crippen LogP contribution < -0.4 is 5.32 Å². The van der Waals surface area contributed by atoms with Crippen molar-refractivity contribution in [2.45, 2.75) is 13.0 Å². The fourth-order valence-corrected chi connectivity index (χ4v) is 1.97. The van der Waals surface area contributed by atoms with E-state index < -0.39 is 34.4 Å². The second kappa shape index (κ2) is 7.71. The number of rotatable bonds is 5. The van der Waals surface area contributed by atoms with Gasteiger partial charge in [-0.25, -0.2) is 4.79 Å². The number of ether oxygens (including phenoxy) is 1. The number of nitrogens with zero attached hydrogens (tertiary/aromatic N) is 1. The van der Waals surface area contributed by atoms with Gasteiger partial charge in [0.25, 0.3) is 5.91 Å². The Bertz CT molecular complexity index is 826. The zero-order chi connectivity index (χ0) is 18.6. The average Bonchev–Trinajstić information content (AvgIpc) is 2.56. The van der Waals surface area contributed by atoms with Gasteiger partial charge in [-0.2, -0.15) is 4.39 Å². The lowest BCUT2D eigenvalue weighted by Crippen LogP contribution is -2.30. The fourth-order valence-electron chi connectivity index (χ4n) is 1.84. The number of anilines is 1. The van der Waals surface area contributed by atoms with E-state index in [1.807, 2.05) is 0 Å². The molecule has 0 spiro atoms. The monoisotopic (exact) mass is 366 g/mol. The van der Waals surface area contributed by atoms with Crippen molar-refractivity contribution in [2.24, 2.45) is 0 Å². The number of benzene rings is 2.